The second kappa shape index (κ2) is 7.50. The van der Waals surface area contributed by atoms with E-state index in [-0.39, 0.29) is 11.3 Å². The molecular formula is C20H28N4O2. The number of methoxy groups -OCH3 is 1. The molecule has 0 saturated carbocycles. The molecule has 1 fully saturated rings. The molecule has 0 radical (unpaired) electrons. The highest BCUT2D eigenvalue weighted by molar-refractivity contribution is 5.79. The molecule has 0 aliphatic carbocycles. The van der Waals surface area contributed by atoms with E-state index in [1.54, 1.807) is 7.11 Å². The van der Waals surface area contributed by atoms with E-state index < -0.39 is 0 Å². The fraction of sp³-hybridized carbons (Fsp3) is 0.500. The highest BCUT2D eigenvalue weighted by atomic mass is 16.5. The van der Waals surface area contributed by atoms with Gasteiger partial charge in [0.2, 0.25) is 5.91 Å². The molecule has 6 nitrogen and oxygen atoms in total. The number of piperazine rings is 1. The van der Waals surface area contributed by atoms with Crippen LogP contribution in [0.2, 0.25) is 0 Å². The van der Waals surface area contributed by atoms with Crippen molar-refractivity contribution < 1.29 is 9.53 Å². The lowest BCUT2D eigenvalue weighted by Crippen LogP contribution is -2.49. The molecular weight excluding hydrogens is 328 g/mol. The number of aromatic nitrogens is 2. The highest BCUT2D eigenvalue weighted by Gasteiger charge is 2.25. The Morgan fingerprint density at radius 1 is 1.15 bits per heavy atom. The number of H-pyrrole nitrogens is 1. The first-order valence-electron chi connectivity index (χ1n) is 9.03. The fourth-order valence-electron chi connectivity index (χ4n) is 3.08. The lowest BCUT2D eigenvalue weighted by atomic mass is 9.92. The van der Waals surface area contributed by atoms with E-state index in [1.807, 2.05) is 29.2 Å². The Kier molecular flexibility index (Phi) is 5.32. The van der Waals surface area contributed by atoms with E-state index in [4.69, 9.17) is 4.74 Å². The molecule has 2 heterocycles. The van der Waals surface area contributed by atoms with Crippen molar-refractivity contribution in [3.05, 3.63) is 47.3 Å². The maximum absolute atomic E-state index is 12.5. The number of aromatic amines is 1. The Morgan fingerprint density at radius 2 is 1.88 bits per heavy atom. The van der Waals surface area contributed by atoms with Crippen molar-refractivity contribution in [2.75, 3.05) is 26.7 Å². The summed E-state index contributed by atoms with van der Waals surface area (Å²) in [5.74, 6) is 1.00. The summed E-state index contributed by atoms with van der Waals surface area (Å²) in [6.45, 7) is 9.87. The number of carbonyl (C=O) groups is 1. The van der Waals surface area contributed by atoms with Crippen molar-refractivity contribution in [3.8, 4) is 5.75 Å². The fourth-order valence-corrected chi connectivity index (χ4v) is 3.08. The largest absolute Gasteiger partial charge is 0.497 e. The number of hydrogen-bond acceptors (Lipinski definition) is 4. The van der Waals surface area contributed by atoms with E-state index in [1.165, 1.54) is 0 Å². The topological polar surface area (TPSA) is 61.5 Å². The molecule has 6 heteroatoms. The molecule has 1 aliphatic rings. The van der Waals surface area contributed by atoms with Crippen LogP contribution >= 0.6 is 0 Å². The molecule has 1 N–H and O–H groups in total. The van der Waals surface area contributed by atoms with Gasteiger partial charge in [-0.1, -0.05) is 32.9 Å². The summed E-state index contributed by atoms with van der Waals surface area (Å²) in [6.07, 6.45) is 0. The number of nitrogens with one attached hydrogen (secondary N) is 1. The van der Waals surface area contributed by atoms with Gasteiger partial charge in [0.15, 0.2) is 0 Å². The standard InChI is InChI=1S/C20H28N4O2/c1-20(2,3)18-11-16(21-22-18)13-23-9-10-24(19(25)14-23)12-15-5-7-17(26-4)8-6-15/h5-8,11H,9-10,12-14H2,1-4H3,(H,21,22). The summed E-state index contributed by atoms with van der Waals surface area (Å²) in [7, 11) is 1.65. The van der Waals surface area contributed by atoms with Gasteiger partial charge < -0.3 is 9.64 Å². The smallest absolute Gasteiger partial charge is 0.237 e. The Bertz CT molecular complexity index is 746. The van der Waals surface area contributed by atoms with E-state index in [0.717, 1.165) is 42.3 Å². The maximum Gasteiger partial charge on any atom is 0.237 e. The number of ether oxygens (including phenoxy) is 1. The summed E-state index contributed by atoms with van der Waals surface area (Å²) < 4.78 is 5.18. The van der Waals surface area contributed by atoms with Crippen LogP contribution in [0.1, 0.15) is 37.7 Å². The van der Waals surface area contributed by atoms with Gasteiger partial charge in [-0.25, -0.2) is 0 Å². The molecule has 26 heavy (non-hydrogen) atoms. The van der Waals surface area contributed by atoms with Crippen molar-refractivity contribution >= 4 is 5.91 Å². The van der Waals surface area contributed by atoms with Crippen molar-refractivity contribution in [2.45, 2.75) is 39.3 Å². The van der Waals surface area contributed by atoms with Gasteiger partial charge in [0, 0.05) is 37.3 Å². The van der Waals surface area contributed by atoms with Gasteiger partial charge >= 0.3 is 0 Å². The Hall–Kier alpha value is -2.34. The normalized spacial score (nSPS) is 16.2. The monoisotopic (exact) mass is 356 g/mol. The van der Waals surface area contributed by atoms with Crippen molar-refractivity contribution in [1.29, 1.82) is 0 Å². The number of rotatable bonds is 5. The van der Waals surface area contributed by atoms with E-state index in [2.05, 4.69) is 41.9 Å². The Morgan fingerprint density at radius 3 is 2.46 bits per heavy atom. The van der Waals surface area contributed by atoms with Gasteiger partial charge in [0.25, 0.3) is 0 Å². The minimum atomic E-state index is 0.0294. The van der Waals surface area contributed by atoms with Crippen LogP contribution in [0.3, 0.4) is 0 Å². The Labute approximate surface area is 155 Å². The number of benzene rings is 1. The second-order valence-corrected chi connectivity index (χ2v) is 7.90. The summed E-state index contributed by atoms with van der Waals surface area (Å²) in [6, 6.07) is 9.99. The average molecular weight is 356 g/mol. The first kappa shape index (κ1) is 18.5. The molecule has 3 rings (SSSR count). The van der Waals surface area contributed by atoms with Gasteiger partial charge in [0.05, 0.1) is 19.3 Å². The predicted molar refractivity (Wildman–Crippen MR) is 101 cm³/mol. The van der Waals surface area contributed by atoms with E-state index in [9.17, 15) is 4.79 Å². The first-order valence-corrected chi connectivity index (χ1v) is 9.03. The van der Waals surface area contributed by atoms with Crippen molar-refractivity contribution in [2.24, 2.45) is 0 Å². The quantitative estimate of drug-likeness (QED) is 0.894. The Balaban J connectivity index is 1.54. The molecule has 2 aromatic rings. The summed E-state index contributed by atoms with van der Waals surface area (Å²) in [4.78, 5) is 16.6. The third-order valence-corrected chi connectivity index (χ3v) is 4.72. The molecule has 0 atom stereocenters. The van der Waals surface area contributed by atoms with Crippen LogP contribution in [0.4, 0.5) is 0 Å². The molecule has 1 aromatic carbocycles. The van der Waals surface area contributed by atoms with Gasteiger partial charge in [-0.05, 0) is 23.8 Å². The summed E-state index contributed by atoms with van der Waals surface area (Å²) in [5.41, 5.74) is 3.26. The molecule has 1 saturated heterocycles. The SMILES string of the molecule is COc1ccc(CN2CCN(Cc3cc(C(C)(C)C)n[nH]3)CC2=O)cc1. The predicted octanol–water partition coefficient (Wildman–Crippen LogP) is 2.56. The van der Waals surface area contributed by atoms with Gasteiger partial charge in [-0.3, -0.25) is 14.8 Å². The van der Waals surface area contributed by atoms with Crippen LogP contribution < -0.4 is 4.74 Å². The van der Waals surface area contributed by atoms with Crippen molar-refractivity contribution in [3.63, 3.8) is 0 Å². The molecule has 0 unspecified atom stereocenters. The molecule has 1 amide bonds. The van der Waals surface area contributed by atoms with Crippen LogP contribution in [0.25, 0.3) is 0 Å². The van der Waals surface area contributed by atoms with Crippen LogP contribution in [-0.2, 0) is 23.3 Å². The molecule has 0 bridgehead atoms. The summed E-state index contributed by atoms with van der Waals surface area (Å²) >= 11 is 0. The molecule has 1 aliphatic heterocycles. The zero-order chi connectivity index (χ0) is 18.7. The average Bonchev–Trinajstić information content (AvgIpc) is 3.07. The lowest BCUT2D eigenvalue weighted by molar-refractivity contribution is -0.136. The van der Waals surface area contributed by atoms with Crippen LogP contribution in [-0.4, -0.2) is 52.6 Å². The third kappa shape index (κ3) is 4.43. The van der Waals surface area contributed by atoms with Crippen molar-refractivity contribution in [1.82, 2.24) is 20.0 Å². The summed E-state index contributed by atoms with van der Waals surface area (Å²) in [5, 5.41) is 7.51. The zero-order valence-corrected chi connectivity index (χ0v) is 16.1. The van der Waals surface area contributed by atoms with E-state index in [0.29, 0.717) is 13.1 Å². The van der Waals surface area contributed by atoms with E-state index >= 15 is 0 Å². The number of carbonyl (C=O) groups excluding carboxylic acids is 1. The van der Waals surface area contributed by atoms with Crippen LogP contribution in [0, 0.1) is 0 Å². The second-order valence-electron chi connectivity index (χ2n) is 7.90. The first-order chi connectivity index (χ1) is 12.3. The maximum atomic E-state index is 12.5. The van der Waals surface area contributed by atoms with Gasteiger partial charge in [-0.15, -0.1) is 0 Å². The lowest BCUT2D eigenvalue weighted by Gasteiger charge is -2.34. The van der Waals surface area contributed by atoms with Crippen LogP contribution in [0.15, 0.2) is 30.3 Å². The minimum absolute atomic E-state index is 0.0294. The van der Waals surface area contributed by atoms with Gasteiger partial charge in [-0.2, -0.15) is 5.10 Å². The number of amides is 1. The van der Waals surface area contributed by atoms with Gasteiger partial charge in [0.1, 0.15) is 5.75 Å². The number of nitrogens with zero attached hydrogens (tertiary/aromatic N) is 3. The van der Waals surface area contributed by atoms with Crippen LogP contribution in [0.5, 0.6) is 5.75 Å². The zero-order valence-electron chi connectivity index (χ0n) is 16.1. The molecule has 0 spiro atoms. The molecule has 140 valence electrons. The highest BCUT2D eigenvalue weighted by Crippen LogP contribution is 2.21. The third-order valence-electron chi connectivity index (χ3n) is 4.72. The molecule has 1 aromatic heterocycles. The minimum Gasteiger partial charge on any atom is -0.497 e. The number of hydrogen-bond donors (Lipinski definition) is 1.